The minimum absolute atomic E-state index is 0.0736. The van der Waals surface area contributed by atoms with Gasteiger partial charge < -0.3 is 14.7 Å². The van der Waals surface area contributed by atoms with Crippen LogP contribution in [0.25, 0.3) is 0 Å². The van der Waals surface area contributed by atoms with Crippen LogP contribution in [-0.2, 0) is 14.9 Å². The highest BCUT2D eigenvalue weighted by atomic mass is 16.5. The number of carbonyl (C=O) groups is 2. The Morgan fingerprint density at radius 3 is 2.62 bits per heavy atom. The molecule has 1 N–H and O–H groups in total. The predicted octanol–water partition coefficient (Wildman–Crippen LogP) is 2.55. The summed E-state index contributed by atoms with van der Waals surface area (Å²) in [4.78, 5) is 26.7. The Labute approximate surface area is 142 Å². The van der Waals surface area contributed by atoms with Gasteiger partial charge >= 0.3 is 5.97 Å². The lowest BCUT2D eigenvalue weighted by molar-refractivity contribution is -0.157. The Hall–Kier alpha value is -1.88. The molecule has 0 aliphatic carbocycles. The van der Waals surface area contributed by atoms with Gasteiger partial charge in [0.2, 0.25) is 0 Å². The van der Waals surface area contributed by atoms with Gasteiger partial charge in [0.05, 0.1) is 12.0 Å². The van der Waals surface area contributed by atoms with Gasteiger partial charge in [-0.3, -0.25) is 9.59 Å². The number of aliphatic carboxylic acids is 1. The predicted molar refractivity (Wildman–Crippen MR) is 90.0 cm³/mol. The minimum Gasteiger partial charge on any atom is -0.481 e. The number of carboxylic acid groups (broad SMARTS) is 1. The van der Waals surface area contributed by atoms with Crippen LogP contribution in [0.4, 0.5) is 0 Å². The smallest absolute Gasteiger partial charge is 0.311 e. The van der Waals surface area contributed by atoms with Crippen molar-refractivity contribution in [3.8, 4) is 0 Å². The molecule has 5 nitrogen and oxygen atoms in total. The first-order chi connectivity index (χ1) is 11.3. The van der Waals surface area contributed by atoms with Crippen molar-refractivity contribution in [1.82, 2.24) is 4.90 Å². The Balaban J connectivity index is 1.92. The largest absolute Gasteiger partial charge is 0.481 e. The van der Waals surface area contributed by atoms with E-state index in [9.17, 15) is 14.7 Å². The van der Waals surface area contributed by atoms with Gasteiger partial charge in [0.25, 0.3) is 5.91 Å². The quantitative estimate of drug-likeness (QED) is 0.904. The molecular weight excluding hydrogens is 306 g/mol. The van der Waals surface area contributed by atoms with E-state index in [-0.39, 0.29) is 23.8 Å². The molecule has 24 heavy (non-hydrogen) atoms. The topological polar surface area (TPSA) is 66.8 Å². The normalized spacial score (nSPS) is 27.0. The molecule has 2 aliphatic rings. The molecule has 0 bridgehead atoms. The maximum absolute atomic E-state index is 13.1. The molecule has 3 rings (SSSR count). The van der Waals surface area contributed by atoms with Crippen molar-refractivity contribution >= 4 is 11.9 Å². The summed E-state index contributed by atoms with van der Waals surface area (Å²) in [7, 11) is 0. The zero-order valence-electron chi connectivity index (χ0n) is 14.5. The molecule has 0 saturated carbocycles. The number of ether oxygens (including phenoxy) is 1. The molecule has 0 aromatic heterocycles. The zero-order chi connectivity index (χ0) is 17.5. The maximum Gasteiger partial charge on any atom is 0.311 e. The molecule has 2 saturated heterocycles. The Bertz CT molecular complexity index is 664. The Morgan fingerprint density at radius 1 is 1.29 bits per heavy atom. The molecule has 1 amide bonds. The molecule has 0 radical (unpaired) electrons. The van der Waals surface area contributed by atoms with Crippen molar-refractivity contribution < 1.29 is 19.4 Å². The first-order valence-corrected chi connectivity index (χ1v) is 8.45. The zero-order valence-corrected chi connectivity index (χ0v) is 14.5. The first-order valence-electron chi connectivity index (χ1n) is 8.45. The van der Waals surface area contributed by atoms with Crippen LogP contribution in [0.3, 0.4) is 0 Å². The second-order valence-corrected chi connectivity index (χ2v) is 7.96. The lowest BCUT2D eigenvalue weighted by atomic mass is 9.74. The van der Waals surface area contributed by atoms with Crippen molar-refractivity contribution in [3.05, 3.63) is 35.4 Å². The van der Waals surface area contributed by atoms with Crippen LogP contribution >= 0.6 is 0 Å². The second-order valence-electron chi connectivity index (χ2n) is 7.96. The number of hydrogen-bond donors (Lipinski definition) is 1. The number of carbonyl (C=O) groups excluding carboxylic acids is 1. The molecule has 5 heteroatoms. The summed E-state index contributed by atoms with van der Waals surface area (Å²) in [5.74, 6) is -1.01. The van der Waals surface area contributed by atoms with Gasteiger partial charge in [-0.1, -0.05) is 39.0 Å². The van der Waals surface area contributed by atoms with E-state index >= 15 is 0 Å². The van der Waals surface area contributed by atoms with Gasteiger partial charge in [-0.25, -0.2) is 0 Å². The van der Waals surface area contributed by atoms with Crippen LogP contribution in [0.15, 0.2) is 24.3 Å². The van der Waals surface area contributed by atoms with Crippen LogP contribution in [-0.4, -0.2) is 48.2 Å². The summed E-state index contributed by atoms with van der Waals surface area (Å²) in [6.45, 7) is 7.82. The molecular formula is C19H25NO4. The van der Waals surface area contributed by atoms with Gasteiger partial charge in [-0.15, -0.1) is 0 Å². The number of nitrogens with zero attached hydrogens (tertiary/aromatic N) is 1. The molecule has 1 aromatic rings. The number of fused-ring (bicyclic) bond motifs is 1. The number of benzene rings is 1. The number of likely N-dealkylation sites (tertiary alicyclic amines) is 1. The molecule has 2 atom stereocenters. The fourth-order valence-electron chi connectivity index (χ4n) is 3.95. The third kappa shape index (κ3) is 2.71. The first kappa shape index (κ1) is 17.0. The van der Waals surface area contributed by atoms with Crippen LogP contribution in [0.5, 0.6) is 0 Å². The van der Waals surface area contributed by atoms with Crippen molar-refractivity contribution in [3.63, 3.8) is 0 Å². The van der Waals surface area contributed by atoms with Crippen LogP contribution in [0, 0.1) is 11.3 Å². The van der Waals surface area contributed by atoms with E-state index in [2.05, 4.69) is 20.8 Å². The summed E-state index contributed by atoms with van der Waals surface area (Å²) in [5, 5.41) is 9.76. The molecule has 2 heterocycles. The number of rotatable bonds is 2. The van der Waals surface area contributed by atoms with Gasteiger partial charge in [0.1, 0.15) is 0 Å². The Kier molecular flexibility index (Phi) is 4.16. The standard InChI is InChI=1S/C19H25NO4/c1-18(2,3)15-7-5-4-6-14(15)16(21)20-10-13-11-24-9-8-19(13,12-20)17(22)23/h4-7,13H,8-12H2,1-3H3,(H,22,23)/t13-,19+/m0/s1. The second kappa shape index (κ2) is 5.88. The highest BCUT2D eigenvalue weighted by Crippen LogP contribution is 2.43. The molecule has 130 valence electrons. The third-order valence-corrected chi connectivity index (χ3v) is 5.39. The van der Waals surface area contributed by atoms with Gasteiger partial charge in [0.15, 0.2) is 0 Å². The average molecular weight is 331 g/mol. The molecule has 2 fully saturated rings. The van der Waals surface area contributed by atoms with Gasteiger partial charge in [0, 0.05) is 31.2 Å². The highest BCUT2D eigenvalue weighted by molar-refractivity contribution is 5.97. The van der Waals surface area contributed by atoms with E-state index in [0.717, 1.165) is 5.56 Å². The fourth-order valence-corrected chi connectivity index (χ4v) is 3.95. The fraction of sp³-hybridized carbons (Fsp3) is 0.579. The summed E-state index contributed by atoms with van der Waals surface area (Å²) in [6, 6.07) is 7.62. The maximum atomic E-state index is 13.1. The Morgan fingerprint density at radius 2 is 2.00 bits per heavy atom. The third-order valence-electron chi connectivity index (χ3n) is 5.39. The van der Waals surface area contributed by atoms with Gasteiger partial charge in [-0.2, -0.15) is 0 Å². The lowest BCUT2D eigenvalue weighted by Gasteiger charge is -2.33. The van der Waals surface area contributed by atoms with Gasteiger partial charge in [-0.05, 0) is 23.5 Å². The van der Waals surface area contributed by atoms with E-state index in [1.54, 1.807) is 4.90 Å². The lowest BCUT2D eigenvalue weighted by Crippen LogP contribution is -2.45. The molecule has 0 spiro atoms. The SMILES string of the molecule is CC(C)(C)c1ccccc1C(=O)N1C[C@H]2COCC[C@@]2(C(=O)O)C1. The van der Waals surface area contributed by atoms with Crippen molar-refractivity contribution in [2.75, 3.05) is 26.3 Å². The van der Waals surface area contributed by atoms with Crippen molar-refractivity contribution in [2.45, 2.75) is 32.6 Å². The van der Waals surface area contributed by atoms with Crippen molar-refractivity contribution in [1.29, 1.82) is 0 Å². The average Bonchev–Trinajstić information content (AvgIpc) is 2.94. The summed E-state index contributed by atoms with van der Waals surface area (Å²) < 4.78 is 5.47. The van der Waals surface area contributed by atoms with Crippen molar-refractivity contribution in [2.24, 2.45) is 11.3 Å². The highest BCUT2D eigenvalue weighted by Gasteiger charge is 2.55. The number of amides is 1. The monoisotopic (exact) mass is 331 g/mol. The van der Waals surface area contributed by atoms with Crippen LogP contribution < -0.4 is 0 Å². The number of hydrogen-bond acceptors (Lipinski definition) is 3. The minimum atomic E-state index is -0.857. The van der Waals surface area contributed by atoms with E-state index < -0.39 is 11.4 Å². The van der Waals surface area contributed by atoms with E-state index in [1.807, 2.05) is 24.3 Å². The van der Waals surface area contributed by atoms with E-state index in [0.29, 0.717) is 31.7 Å². The summed E-state index contributed by atoms with van der Waals surface area (Å²) in [6.07, 6.45) is 0.470. The van der Waals surface area contributed by atoms with Crippen LogP contribution in [0.1, 0.15) is 43.1 Å². The van der Waals surface area contributed by atoms with E-state index in [4.69, 9.17) is 4.74 Å². The molecule has 1 aromatic carbocycles. The summed E-state index contributed by atoms with van der Waals surface area (Å²) in [5.41, 5.74) is 0.660. The number of carboxylic acids is 1. The molecule has 2 aliphatic heterocycles. The van der Waals surface area contributed by atoms with Crippen LogP contribution in [0.2, 0.25) is 0 Å². The van der Waals surface area contributed by atoms with E-state index in [1.165, 1.54) is 0 Å². The summed E-state index contributed by atoms with van der Waals surface area (Å²) >= 11 is 0. The molecule has 0 unspecified atom stereocenters.